The van der Waals surface area contributed by atoms with Crippen LogP contribution >= 0.6 is 11.6 Å². The average Bonchev–Trinajstić information content (AvgIpc) is 2.64. The SMILES string of the molecule is Cc1cccc(N2C(=O)NC(=O)/C(=C/c3ccc(OCC(=O)[O-])c(Cl)c3)C2=O)c1. The second-order valence-electron chi connectivity index (χ2n) is 6.15. The van der Waals surface area contributed by atoms with Gasteiger partial charge in [0.25, 0.3) is 11.8 Å². The number of carboxylic acids is 1. The third kappa shape index (κ3) is 4.44. The molecule has 0 unspecified atom stereocenters. The molecule has 2 aromatic carbocycles. The van der Waals surface area contributed by atoms with Gasteiger partial charge >= 0.3 is 6.03 Å². The number of carbonyl (C=O) groups is 4. The predicted octanol–water partition coefficient (Wildman–Crippen LogP) is 1.44. The molecular weight excluding hydrogens is 400 g/mol. The summed E-state index contributed by atoms with van der Waals surface area (Å²) in [6.07, 6.45) is 1.28. The molecule has 0 saturated carbocycles. The second kappa shape index (κ2) is 8.15. The lowest BCUT2D eigenvalue weighted by Crippen LogP contribution is -2.54. The fraction of sp³-hybridized carbons (Fsp3) is 0.100. The van der Waals surface area contributed by atoms with Crippen molar-refractivity contribution in [2.24, 2.45) is 0 Å². The fourth-order valence-electron chi connectivity index (χ4n) is 2.69. The molecule has 1 fully saturated rings. The van der Waals surface area contributed by atoms with E-state index in [-0.39, 0.29) is 16.3 Å². The van der Waals surface area contributed by atoms with Gasteiger partial charge in [-0.05, 0) is 48.4 Å². The van der Waals surface area contributed by atoms with Crippen LogP contribution in [-0.2, 0) is 14.4 Å². The first kappa shape index (κ1) is 20.1. The number of nitrogens with one attached hydrogen (secondary N) is 1. The van der Waals surface area contributed by atoms with Crippen LogP contribution in [0.4, 0.5) is 10.5 Å². The number of carbonyl (C=O) groups excluding carboxylic acids is 4. The third-order valence-electron chi connectivity index (χ3n) is 3.97. The molecule has 0 spiro atoms. The Balaban J connectivity index is 1.92. The van der Waals surface area contributed by atoms with Crippen molar-refractivity contribution in [2.45, 2.75) is 6.92 Å². The molecule has 1 aliphatic heterocycles. The average molecular weight is 414 g/mol. The lowest BCUT2D eigenvalue weighted by Gasteiger charge is -2.26. The number of rotatable bonds is 5. The monoisotopic (exact) mass is 413 g/mol. The van der Waals surface area contributed by atoms with Gasteiger partial charge in [-0.2, -0.15) is 0 Å². The van der Waals surface area contributed by atoms with E-state index in [1.165, 1.54) is 24.3 Å². The fourth-order valence-corrected chi connectivity index (χ4v) is 2.93. The number of hydrogen-bond donors (Lipinski definition) is 1. The number of benzene rings is 2. The molecule has 0 atom stereocenters. The quantitative estimate of drug-likeness (QED) is 0.585. The van der Waals surface area contributed by atoms with Gasteiger partial charge in [-0.1, -0.05) is 29.8 Å². The summed E-state index contributed by atoms with van der Waals surface area (Å²) >= 11 is 6.05. The van der Waals surface area contributed by atoms with Crippen LogP contribution in [0, 0.1) is 6.92 Å². The Bertz CT molecular complexity index is 1060. The molecule has 9 heteroatoms. The van der Waals surface area contributed by atoms with Gasteiger partial charge < -0.3 is 14.6 Å². The van der Waals surface area contributed by atoms with Crippen LogP contribution in [0.15, 0.2) is 48.0 Å². The molecule has 0 radical (unpaired) electrons. The predicted molar refractivity (Wildman–Crippen MR) is 102 cm³/mol. The maximum absolute atomic E-state index is 12.8. The Morgan fingerprint density at radius 1 is 1.21 bits per heavy atom. The van der Waals surface area contributed by atoms with Crippen LogP contribution in [0.1, 0.15) is 11.1 Å². The number of hydrogen-bond acceptors (Lipinski definition) is 6. The van der Waals surface area contributed by atoms with E-state index in [0.717, 1.165) is 10.5 Å². The summed E-state index contributed by atoms with van der Waals surface area (Å²) < 4.78 is 4.97. The summed E-state index contributed by atoms with van der Waals surface area (Å²) in [5, 5.41) is 12.7. The Morgan fingerprint density at radius 2 is 1.97 bits per heavy atom. The van der Waals surface area contributed by atoms with Crippen molar-refractivity contribution in [1.29, 1.82) is 0 Å². The van der Waals surface area contributed by atoms with Gasteiger partial charge in [0.1, 0.15) is 17.9 Å². The van der Waals surface area contributed by atoms with Crippen molar-refractivity contribution < 1.29 is 29.0 Å². The van der Waals surface area contributed by atoms with E-state index in [2.05, 4.69) is 5.32 Å². The zero-order valence-electron chi connectivity index (χ0n) is 15.1. The Hall–Kier alpha value is -3.65. The number of imide groups is 2. The highest BCUT2D eigenvalue weighted by Crippen LogP contribution is 2.28. The van der Waals surface area contributed by atoms with Crippen LogP contribution in [0.25, 0.3) is 6.08 Å². The van der Waals surface area contributed by atoms with E-state index in [1.807, 2.05) is 13.0 Å². The van der Waals surface area contributed by atoms with Crippen LogP contribution in [-0.4, -0.2) is 30.4 Å². The second-order valence-corrected chi connectivity index (χ2v) is 6.55. The summed E-state index contributed by atoms with van der Waals surface area (Å²) in [4.78, 5) is 48.6. The van der Waals surface area contributed by atoms with Gasteiger partial charge in [0.05, 0.1) is 16.7 Å². The standard InChI is InChI=1S/C20H15ClN2O6/c1-11-3-2-4-13(7-11)23-19(27)14(18(26)22-20(23)28)8-12-5-6-16(15(21)9-12)29-10-17(24)25/h2-9H,10H2,1H3,(H,24,25)(H,22,26,28)/p-1/b14-8-. The van der Waals surface area contributed by atoms with Crippen molar-refractivity contribution in [3.8, 4) is 5.75 Å². The zero-order chi connectivity index (χ0) is 21.1. The summed E-state index contributed by atoms with van der Waals surface area (Å²) in [6.45, 7) is 1.14. The molecule has 4 amide bonds. The van der Waals surface area contributed by atoms with E-state index in [9.17, 15) is 24.3 Å². The van der Waals surface area contributed by atoms with Gasteiger partial charge in [-0.3, -0.25) is 14.9 Å². The largest absolute Gasteiger partial charge is 0.546 e. The number of anilines is 1. The van der Waals surface area contributed by atoms with Crippen LogP contribution in [0.5, 0.6) is 5.75 Å². The molecular formula is C20H14ClN2O6-. The van der Waals surface area contributed by atoms with Crippen LogP contribution in [0.2, 0.25) is 5.02 Å². The molecule has 1 aliphatic rings. The number of ether oxygens (including phenoxy) is 1. The lowest BCUT2D eigenvalue weighted by molar-refractivity contribution is -0.307. The number of barbiturate groups is 1. The van der Waals surface area contributed by atoms with E-state index < -0.39 is 30.4 Å². The zero-order valence-corrected chi connectivity index (χ0v) is 15.9. The minimum Gasteiger partial charge on any atom is -0.546 e. The molecule has 0 aromatic heterocycles. The Morgan fingerprint density at radius 3 is 2.62 bits per heavy atom. The van der Waals surface area contributed by atoms with Crippen molar-refractivity contribution in [1.82, 2.24) is 5.32 Å². The summed E-state index contributed by atoms with van der Waals surface area (Å²) in [6, 6.07) is 10.2. The van der Waals surface area contributed by atoms with Crippen molar-refractivity contribution in [3.05, 3.63) is 64.2 Å². The first-order valence-corrected chi connectivity index (χ1v) is 8.74. The van der Waals surface area contributed by atoms with Crippen molar-refractivity contribution >= 4 is 47.2 Å². The Labute approximate surface area is 170 Å². The maximum Gasteiger partial charge on any atom is 0.335 e. The number of amides is 4. The Kier molecular flexibility index (Phi) is 5.65. The van der Waals surface area contributed by atoms with E-state index >= 15 is 0 Å². The minimum absolute atomic E-state index is 0.0795. The van der Waals surface area contributed by atoms with Crippen LogP contribution < -0.4 is 20.1 Å². The molecule has 0 bridgehead atoms. The van der Waals surface area contributed by atoms with Gasteiger partial charge in [0.2, 0.25) is 0 Å². The smallest absolute Gasteiger partial charge is 0.335 e. The number of aryl methyl sites for hydroxylation is 1. The molecule has 2 aromatic rings. The topological polar surface area (TPSA) is 116 Å². The molecule has 3 rings (SSSR count). The van der Waals surface area contributed by atoms with Gasteiger partial charge in [0, 0.05) is 0 Å². The first-order valence-electron chi connectivity index (χ1n) is 8.36. The summed E-state index contributed by atoms with van der Waals surface area (Å²) in [5.74, 6) is -2.92. The van der Waals surface area contributed by atoms with Gasteiger partial charge in [0.15, 0.2) is 0 Å². The molecule has 8 nitrogen and oxygen atoms in total. The first-order chi connectivity index (χ1) is 13.8. The highest BCUT2D eigenvalue weighted by molar-refractivity contribution is 6.39. The normalized spacial score (nSPS) is 15.4. The molecule has 1 N–H and O–H groups in total. The number of nitrogens with zero attached hydrogens (tertiary/aromatic N) is 1. The molecule has 1 saturated heterocycles. The molecule has 0 aliphatic carbocycles. The molecule has 148 valence electrons. The number of halogens is 1. The molecule has 1 heterocycles. The van der Waals surface area contributed by atoms with Gasteiger partial charge in [-0.25, -0.2) is 9.69 Å². The summed E-state index contributed by atoms with van der Waals surface area (Å²) in [7, 11) is 0. The summed E-state index contributed by atoms with van der Waals surface area (Å²) in [5.41, 5.74) is 1.29. The van der Waals surface area contributed by atoms with E-state index in [4.69, 9.17) is 16.3 Å². The maximum atomic E-state index is 12.8. The van der Waals surface area contributed by atoms with E-state index in [1.54, 1.807) is 18.2 Å². The van der Waals surface area contributed by atoms with Crippen molar-refractivity contribution in [3.63, 3.8) is 0 Å². The van der Waals surface area contributed by atoms with Crippen molar-refractivity contribution in [2.75, 3.05) is 11.5 Å². The number of aliphatic carboxylic acids is 1. The number of carboxylic acid groups (broad SMARTS) is 1. The third-order valence-corrected chi connectivity index (χ3v) is 4.27. The van der Waals surface area contributed by atoms with E-state index in [0.29, 0.717) is 11.3 Å². The minimum atomic E-state index is -1.40. The number of urea groups is 1. The van der Waals surface area contributed by atoms with Gasteiger partial charge in [-0.15, -0.1) is 0 Å². The lowest BCUT2D eigenvalue weighted by atomic mass is 10.1. The highest BCUT2D eigenvalue weighted by Gasteiger charge is 2.36. The highest BCUT2D eigenvalue weighted by atomic mass is 35.5. The van der Waals surface area contributed by atoms with Crippen LogP contribution in [0.3, 0.4) is 0 Å². The molecule has 29 heavy (non-hydrogen) atoms.